The van der Waals surface area contributed by atoms with Gasteiger partial charge in [-0.1, -0.05) is 55.0 Å². The van der Waals surface area contributed by atoms with Crippen LogP contribution in [0.25, 0.3) is 0 Å². The molecule has 3 nitrogen and oxygen atoms in total. The minimum absolute atomic E-state index is 0.350. The maximum absolute atomic E-state index is 12.6. The lowest BCUT2D eigenvalue weighted by molar-refractivity contribution is 0.235. The Morgan fingerprint density at radius 3 is 2.30 bits per heavy atom. The van der Waals surface area contributed by atoms with Crippen LogP contribution < -0.4 is 0 Å². The smallest absolute Gasteiger partial charge is 0.184 e. The van der Waals surface area contributed by atoms with Gasteiger partial charge in [0, 0.05) is 0 Å². The number of rotatable bonds is 7. The Labute approximate surface area is 138 Å². The summed E-state index contributed by atoms with van der Waals surface area (Å²) in [5, 5.41) is -0.582. The van der Waals surface area contributed by atoms with Gasteiger partial charge in [-0.05, 0) is 37.1 Å². The quantitative estimate of drug-likeness (QED) is 0.712. The molecular weight excluding hydrogens is 308 g/mol. The van der Waals surface area contributed by atoms with E-state index < -0.39 is 15.1 Å². The summed E-state index contributed by atoms with van der Waals surface area (Å²) < 4.78 is 30.7. The first-order valence-electron chi connectivity index (χ1n) is 7.67. The average molecular weight is 330 g/mol. The number of benzene rings is 2. The molecule has 0 saturated carbocycles. The van der Waals surface area contributed by atoms with Crippen molar-refractivity contribution in [2.45, 2.75) is 37.0 Å². The van der Waals surface area contributed by atoms with Gasteiger partial charge in [-0.25, -0.2) is 8.42 Å². The van der Waals surface area contributed by atoms with Crippen LogP contribution in [0, 0.1) is 6.92 Å². The van der Waals surface area contributed by atoms with Gasteiger partial charge in [0.05, 0.1) is 16.4 Å². The van der Waals surface area contributed by atoms with Gasteiger partial charge in [0.1, 0.15) is 6.61 Å². The van der Waals surface area contributed by atoms with E-state index in [4.69, 9.17) is 4.74 Å². The maximum Gasteiger partial charge on any atom is 0.184 e. The number of aryl methyl sites for hydroxylation is 1. The van der Waals surface area contributed by atoms with Gasteiger partial charge in [0.15, 0.2) is 9.84 Å². The molecule has 0 aromatic heterocycles. The molecule has 2 rings (SSSR count). The molecule has 0 aliphatic carbocycles. The van der Waals surface area contributed by atoms with Crippen molar-refractivity contribution in [3.8, 4) is 0 Å². The second-order valence-corrected chi connectivity index (χ2v) is 7.60. The number of hydrogen-bond donors (Lipinski definition) is 0. The summed E-state index contributed by atoms with van der Waals surface area (Å²) in [5.41, 5.74) is 2.09. The van der Waals surface area contributed by atoms with Crippen molar-refractivity contribution in [3.63, 3.8) is 0 Å². The van der Waals surface area contributed by atoms with Crippen molar-refractivity contribution in [3.05, 3.63) is 78.1 Å². The molecule has 2 aromatic carbocycles. The monoisotopic (exact) mass is 330 g/mol. The molecule has 0 N–H and O–H groups in total. The molecule has 0 heterocycles. The highest BCUT2D eigenvalue weighted by Gasteiger charge is 2.23. The molecule has 0 aliphatic heterocycles. The predicted octanol–water partition coefficient (Wildman–Crippen LogP) is 4.28. The molecule has 2 aromatic rings. The third-order valence-electron chi connectivity index (χ3n) is 3.63. The fourth-order valence-corrected chi connectivity index (χ4v) is 3.80. The van der Waals surface area contributed by atoms with Crippen molar-refractivity contribution in [1.29, 1.82) is 0 Å². The zero-order chi connectivity index (χ0) is 16.7. The molecule has 0 aliphatic rings. The Bertz CT molecular complexity index is 732. The number of hydrogen-bond acceptors (Lipinski definition) is 3. The van der Waals surface area contributed by atoms with Gasteiger partial charge in [0.2, 0.25) is 0 Å². The Hall–Kier alpha value is -2.07. The van der Waals surface area contributed by atoms with E-state index in [2.05, 4.69) is 0 Å². The van der Waals surface area contributed by atoms with E-state index in [9.17, 15) is 8.42 Å². The lowest BCUT2D eigenvalue weighted by Gasteiger charge is -2.12. The van der Waals surface area contributed by atoms with E-state index in [0.717, 1.165) is 11.1 Å². The fourth-order valence-electron chi connectivity index (χ4n) is 2.22. The number of sulfone groups is 1. The zero-order valence-corrected chi connectivity index (χ0v) is 14.3. The second-order valence-electron chi connectivity index (χ2n) is 5.43. The molecule has 0 bridgehead atoms. The van der Waals surface area contributed by atoms with Gasteiger partial charge in [-0.15, -0.1) is 0 Å². The maximum atomic E-state index is 12.6. The van der Waals surface area contributed by atoms with Crippen LogP contribution in [-0.2, 0) is 21.2 Å². The summed E-state index contributed by atoms with van der Waals surface area (Å²) in [6, 6.07) is 16.7. The largest absolute Gasteiger partial charge is 0.497 e. The van der Waals surface area contributed by atoms with Gasteiger partial charge >= 0.3 is 0 Å². The number of ether oxygens (including phenoxy) is 1. The van der Waals surface area contributed by atoms with Crippen LogP contribution in [0.4, 0.5) is 0 Å². The van der Waals surface area contributed by atoms with Crippen LogP contribution in [-0.4, -0.2) is 13.7 Å². The molecule has 0 radical (unpaired) electrons. The van der Waals surface area contributed by atoms with Crippen molar-refractivity contribution in [2.24, 2.45) is 0 Å². The van der Waals surface area contributed by atoms with Crippen molar-refractivity contribution >= 4 is 9.84 Å². The molecule has 0 fully saturated rings. The molecule has 0 amide bonds. The van der Waals surface area contributed by atoms with E-state index in [1.165, 1.54) is 6.26 Å². The first kappa shape index (κ1) is 17.3. The van der Waals surface area contributed by atoms with Gasteiger partial charge in [0.25, 0.3) is 0 Å². The predicted molar refractivity (Wildman–Crippen MR) is 92.8 cm³/mol. The Balaban J connectivity index is 2.03. The highest BCUT2D eigenvalue weighted by atomic mass is 32.2. The molecular formula is C19H22O3S. The van der Waals surface area contributed by atoms with Crippen LogP contribution in [0.15, 0.2) is 71.8 Å². The second kappa shape index (κ2) is 7.97. The van der Waals surface area contributed by atoms with E-state index in [-0.39, 0.29) is 0 Å². The summed E-state index contributed by atoms with van der Waals surface area (Å²) in [6.45, 7) is 4.22. The Morgan fingerprint density at radius 1 is 1.04 bits per heavy atom. The summed E-state index contributed by atoms with van der Waals surface area (Å²) in [4.78, 5) is 0.350. The van der Waals surface area contributed by atoms with Crippen LogP contribution in [0.2, 0.25) is 0 Å². The normalized spacial score (nSPS) is 13.1. The lowest BCUT2D eigenvalue weighted by atomic mass is 10.2. The highest BCUT2D eigenvalue weighted by Crippen LogP contribution is 2.20. The third-order valence-corrected chi connectivity index (χ3v) is 5.85. The van der Waals surface area contributed by atoms with Gasteiger partial charge in [-0.2, -0.15) is 0 Å². The van der Waals surface area contributed by atoms with Gasteiger partial charge < -0.3 is 4.74 Å². The van der Waals surface area contributed by atoms with Crippen LogP contribution in [0.5, 0.6) is 0 Å². The average Bonchev–Trinajstić information content (AvgIpc) is 2.56. The summed E-state index contributed by atoms with van der Waals surface area (Å²) in [7, 11) is -3.38. The molecule has 1 atom stereocenters. The Morgan fingerprint density at radius 2 is 1.70 bits per heavy atom. The summed E-state index contributed by atoms with van der Waals surface area (Å²) in [5.74, 6) is 0. The Kier molecular flexibility index (Phi) is 5.99. The minimum Gasteiger partial charge on any atom is -0.497 e. The third kappa shape index (κ3) is 4.70. The fraction of sp³-hybridized carbons (Fsp3) is 0.263. The molecule has 23 heavy (non-hydrogen) atoms. The van der Waals surface area contributed by atoms with Crippen molar-refractivity contribution in [1.82, 2.24) is 0 Å². The van der Waals surface area contributed by atoms with E-state index in [1.807, 2.05) is 56.3 Å². The zero-order valence-electron chi connectivity index (χ0n) is 13.5. The first-order chi connectivity index (χ1) is 11.0. The lowest BCUT2D eigenvalue weighted by Crippen LogP contribution is -2.18. The van der Waals surface area contributed by atoms with E-state index >= 15 is 0 Å². The molecule has 0 spiro atoms. The molecule has 0 saturated heterocycles. The van der Waals surface area contributed by atoms with Crippen molar-refractivity contribution < 1.29 is 13.2 Å². The van der Waals surface area contributed by atoms with Crippen LogP contribution in [0.1, 0.15) is 24.5 Å². The van der Waals surface area contributed by atoms with Gasteiger partial charge in [-0.3, -0.25) is 0 Å². The SMILES string of the molecule is CCC(/C=C/OCc1ccccc1)S(=O)(=O)c1ccc(C)cc1. The highest BCUT2D eigenvalue weighted by molar-refractivity contribution is 7.92. The standard InChI is InChI=1S/C19H22O3S/c1-3-18(13-14-22-15-17-7-5-4-6-8-17)23(20,21)19-11-9-16(2)10-12-19/h4-14,18H,3,15H2,1-2H3/b14-13+. The van der Waals surface area contributed by atoms with E-state index in [1.54, 1.807) is 18.2 Å². The molecule has 1 unspecified atom stereocenters. The molecule has 4 heteroatoms. The topological polar surface area (TPSA) is 43.4 Å². The van der Waals surface area contributed by atoms with Crippen LogP contribution >= 0.6 is 0 Å². The van der Waals surface area contributed by atoms with Crippen LogP contribution in [0.3, 0.4) is 0 Å². The van der Waals surface area contributed by atoms with E-state index in [0.29, 0.717) is 17.9 Å². The summed E-state index contributed by atoms with van der Waals surface area (Å²) in [6.07, 6.45) is 3.62. The van der Waals surface area contributed by atoms with Crippen molar-refractivity contribution in [2.75, 3.05) is 0 Å². The first-order valence-corrected chi connectivity index (χ1v) is 9.21. The minimum atomic E-state index is -3.38. The molecule has 122 valence electrons. The summed E-state index contributed by atoms with van der Waals surface area (Å²) >= 11 is 0.